The minimum atomic E-state index is -1.55. The number of aromatic nitrogens is 3. The summed E-state index contributed by atoms with van der Waals surface area (Å²) in [5, 5.41) is 16.9. The van der Waals surface area contributed by atoms with E-state index in [4.69, 9.17) is 4.74 Å². The summed E-state index contributed by atoms with van der Waals surface area (Å²) in [5.74, 6) is 0.00648. The summed E-state index contributed by atoms with van der Waals surface area (Å²) in [5.41, 5.74) is 1.48. The monoisotopic (exact) mass is 370 g/mol. The van der Waals surface area contributed by atoms with Gasteiger partial charge in [0.05, 0.1) is 11.8 Å². The highest BCUT2D eigenvalue weighted by molar-refractivity contribution is 6.05. The number of ether oxygens (including phenoxy) is 1. The maximum atomic E-state index is 14.5. The topological polar surface area (TPSA) is 88.8 Å². The van der Waals surface area contributed by atoms with Gasteiger partial charge in [-0.2, -0.15) is 5.10 Å². The SMILES string of the molecule is CC[C@H]1O[C@@H](c2ccc3c(NC(=O)c4ccccc4)ncnn23)[C@H](F)[C@@H]1O. The number of halogens is 1. The van der Waals surface area contributed by atoms with Crippen LogP contribution < -0.4 is 5.32 Å². The lowest BCUT2D eigenvalue weighted by Gasteiger charge is -2.13. The maximum absolute atomic E-state index is 14.5. The van der Waals surface area contributed by atoms with Crippen LogP contribution in [0.15, 0.2) is 48.8 Å². The van der Waals surface area contributed by atoms with Gasteiger partial charge in [-0.25, -0.2) is 13.9 Å². The van der Waals surface area contributed by atoms with Crippen LogP contribution in [0.25, 0.3) is 5.52 Å². The third-order valence-corrected chi connectivity index (χ3v) is 4.76. The molecule has 8 heteroatoms. The molecular formula is C19H19FN4O3. The van der Waals surface area contributed by atoms with Gasteiger partial charge in [0.15, 0.2) is 12.0 Å². The number of aliphatic hydroxyl groups is 1. The second-order valence-corrected chi connectivity index (χ2v) is 6.42. The summed E-state index contributed by atoms with van der Waals surface area (Å²) in [6.45, 7) is 1.83. The molecule has 0 radical (unpaired) electrons. The molecule has 1 aromatic carbocycles. The summed E-state index contributed by atoms with van der Waals surface area (Å²) in [6.07, 6.45) is -2.42. The third kappa shape index (κ3) is 3.07. The van der Waals surface area contributed by atoms with E-state index < -0.39 is 24.5 Å². The molecule has 1 saturated heterocycles. The molecule has 140 valence electrons. The Labute approximate surface area is 154 Å². The van der Waals surface area contributed by atoms with Gasteiger partial charge >= 0.3 is 0 Å². The molecule has 4 rings (SSSR count). The molecule has 3 heterocycles. The van der Waals surface area contributed by atoms with E-state index in [1.54, 1.807) is 36.4 Å². The van der Waals surface area contributed by atoms with E-state index in [0.29, 0.717) is 29.0 Å². The fraction of sp³-hybridized carbons (Fsp3) is 0.316. The summed E-state index contributed by atoms with van der Waals surface area (Å²) in [4.78, 5) is 16.5. The van der Waals surface area contributed by atoms with Crippen molar-refractivity contribution in [2.75, 3.05) is 5.32 Å². The number of hydrogen-bond acceptors (Lipinski definition) is 5. The molecule has 1 aliphatic heterocycles. The molecule has 1 aliphatic rings. The molecule has 1 amide bonds. The summed E-state index contributed by atoms with van der Waals surface area (Å²) in [7, 11) is 0. The van der Waals surface area contributed by atoms with Crippen molar-refractivity contribution >= 4 is 17.2 Å². The molecule has 27 heavy (non-hydrogen) atoms. The summed E-state index contributed by atoms with van der Waals surface area (Å²) in [6, 6.07) is 12.1. The Morgan fingerprint density at radius 3 is 2.78 bits per heavy atom. The first-order chi connectivity index (χ1) is 13.1. The zero-order valence-electron chi connectivity index (χ0n) is 14.6. The Bertz CT molecular complexity index is 962. The molecule has 0 bridgehead atoms. The van der Waals surface area contributed by atoms with Gasteiger partial charge in [-0.1, -0.05) is 25.1 Å². The minimum Gasteiger partial charge on any atom is -0.387 e. The van der Waals surface area contributed by atoms with Gasteiger partial charge < -0.3 is 15.2 Å². The lowest BCUT2D eigenvalue weighted by Crippen LogP contribution is -2.27. The second-order valence-electron chi connectivity index (χ2n) is 6.42. The lowest BCUT2D eigenvalue weighted by molar-refractivity contribution is 0.00536. The molecule has 2 N–H and O–H groups in total. The van der Waals surface area contributed by atoms with E-state index in [9.17, 15) is 14.3 Å². The van der Waals surface area contributed by atoms with Crippen LogP contribution >= 0.6 is 0 Å². The molecule has 7 nitrogen and oxygen atoms in total. The van der Waals surface area contributed by atoms with E-state index >= 15 is 0 Å². The highest BCUT2D eigenvalue weighted by Gasteiger charge is 2.45. The predicted octanol–water partition coefficient (Wildman–Crippen LogP) is 2.53. The number of nitrogens with zero attached hydrogens (tertiary/aromatic N) is 3. The standard InChI is InChI=1S/C19H19FN4O3/c1-2-14-16(25)15(20)17(27-14)12-8-9-13-18(21-10-22-24(12)13)23-19(26)11-6-4-3-5-7-11/h3-10,14-17,25H,2H2,1H3,(H,21,22,23,26)/t14-,15-,16-,17+/m1/s1. The van der Waals surface area contributed by atoms with Crippen LogP contribution in [-0.2, 0) is 4.74 Å². The van der Waals surface area contributed by atoms with Gasteiger partial charge in [-0.05, 0) is 30.7 Å². The van der Waals surface area contributed by atoms with Gasteiger partial charge in [0, 0.05) is 5.56 Å². The van der Waals surface area contributed by atoms with Crippen LogP contribution in [0.4, 0.5) is 10.2 Å². The Balaban J connectivity index is 1.65. The molecular weight excluding hydrogens is 351 g/mol. The van der Waals surface area contributed by atoms with E-state index in [2.05, 4.69) is 15.4 Å². The molecule has 0 aliphatic carbocycles. The number of aliphatic hydroxyl groups excluding tert-OH is 1. The number of carbonyl (C=O) groups is 1. The van der Waals surface area contributed by atoms with Crippen molar-refractivity contribution in [1.29, 1.82) is 0 Å². The van der Waals surface area contributed by atoms with Crippen molar-refractivity contribution in [3.8, 4) is 0 Å². The number of carbonyl (C=O) groups excluding carboxylic acids is 1. The van der Waals surface area contributed by atoms with Gasteiger partial charge in [-0.15, -0.1) is 0 Å². The minimum absolute atomic E-state index is 0.305. The van der Waals surface area contributed by atoms with Gasteiger partial charge in [0.2, 0.25) is 0 Å². The molecule has 4 atom stereocenters. The lowest BCUT2D eigenvalue weighted by atomic mass is 10.1. The first-order valence-electron chi connectivity index (χ1n) is 8.76. The largest absolute Gasteiger partial charge is 0.387 e. The number of rotatable bonds is 4. The Kier molecular flexibility index (Phi) is 4.59. The van der Waals surface area contributed by atoms with E-state index in [1.165, 1.54) is 10.8 Å². The van der Waals surface area contributed by atoms with Gasteiger partial charge in [-0.3, -0.25) is 4.79 Å². The molecule has 1 fully saturated rings. The van der Waals surface area contributed by atoms with E-state index in [-0.39, 0.29) is 5.91 Å². The number of fused-ring (bicyclic) bond motifs is 1. The molecule has 3 aromatic rings. The Morgan fingerprint density at radius 1 is 1.30 bits per heavy atom. The van der Waals surface area contributed by atoms with Crippen molar-refractivity contribution in [2.24, 2.45) is 0 Å². The third-order valence-electron chi connectivity index (χ3n) is 4.76. The van der Waals surface area contributed by atoms with E-state index in [1.807, 2.05) is 13.0 Å². The number of benzene rings is 1. The number of alkyl halides is 1. The highest BCUT2D eigenvalue weighted by atomic mass is 19.1. The maximum Gasteiger partial charge on any atom is 0.256 e. The van der Waals surface area contributed by atoms with Crippen molar-refractivity contribution in [3.05, 3.63) is 60.0 Å². The van der Waals surface area contributed by atoms with Crippen LogP contribution in [0, 0.1) is 0 Å². The van der Waals surface area contributed by atoms with Crippen molar-refractivity contribution in [3.63, 3.8) is 0 Å². The molecule has 2 aromatic heterocycles. The predicted molar refractivity (Wildman–Crippen MR) is 96.2 cm³/mol. The van der Waals surface area contributed by atoms with Gasteiger partial charge in [0.25, 0.3) is 5.91 Å². The van der Waals surface area contributed by atoms with E-state index in [0.717, 1.165) is 0 Å². The van der Waals surface area contributed by atoms with Crippen LogP contribution in [0.2, 0.25) is 0 Å². The van der Waals surface area contributed by atoms with Crippen molar-refractivity contribution in [1.82, 2.24) is 14.6 Å². The number of nitrogens with one attached hydrogen (secondary N) is 1. The molecule has 0 spiro atoms. The first-order valence-corrected chi connectivity index (χ1v) is 8.76. The summed E-state index contributed by atoms with van der Waals surface area (Å²) >= 11 is 0. The van der Waals surface area contributed by atoms with Gasteiger partial charge in [0.1, 0.15) is 24.1 Å². The number of amides is 1. The average Bonchev–Trinajstić information content (AvgIpc) is 3.25. The molecule has 0 unspecified atom stereocenters. The second kappa shape index (κ2) is 7.05. The van der Waals surface area contributed by atoms with Crippen LogP contribution in [0.3, 0.4) is 0 Å². The van der Waals surface area contributed by atoms with Crippen molar-refractivity contribution < 1.29 is 19.0 Å². The normalized spacial score (nSPS) is 25.0. The number of hydrogen-bond donors (Lipinski definition) is 2. The highest BCUT2D eigenvalue weighted by Crippen LogP contribution is 2.37. The zero-order valence-corrected chi connectivity index (χ0v) is 14.6. The fourth-order valence-corrected chi connectivity index (χ4v) is 3.33. The summed E-state index contributed by atoms with van der Waals surface area (Å²) < 4.78 is 21.7. The molecule has 0 saturated carbocycles. The van der Waals surface area contributed by atoms with Crippen LogP contribution in [-0.4, -0.2) is 44.0 Å². The fourth-order valence-electron chi connectivity index (χ4n) is 3.33. The van der Waals surface area contributed by atoms with Crippen molar-refractivity contribution in [2.45, 2.75) is 37.8 Å². The zero-order chi connectivity index (χ0) is 19.0. The quantitative estimate of drug-likeness (QED) is 0.737. The average molecular weight is 370 g/mol. The number of anilines is 1. The first kappa shape index (κ1) is 17.6. The Hall–Kier alpha value is -2.84. The smallest absolute Gasteiger partial charge is 0.256 e. The Morgan fingerprint density at radius 2 is 2.07 bits per heavy atom. The van der Waals surface area contributed by atoms with Crippen LogP contribution in [0.5, 0.6) is 0 Å². The van der Waals surface area contributed by atoms with Crippen LogP contribution in [0.1, 0.15) is 35.5 Å².